The van der Waals surface area contributed by atoms with Gasteiger partial charge < -0.3 is 10.2 Å². The molecule has 5 nitrogen and oxygen atoms in total. The molecule has 1 N–H and O–H groups in total. The van der Waals surface area contributed by atoms with Gasteiger partial charge in [-0.15, -0.1) is 0 Å². The van der Waals surface area contributed by atoms with Crippen molar-refractivity contribution in [3.05, 3.63) is 16.9 Å². The molecule has 25 heavy (non-hydrogen) atoms. The third-order valence-electron chi connectivity index (χ3n) is 6.75. The Morgan fingerprint density at radius 3 is 2.32 bits per heavy atom. The number of nitrogens with zero attached hydrogens (tertiary/aromatic N) is 3. The van der Waals surface area contributed by atoms with Gasteiger partial charge in [-0.05, 0) is 69.1 Å². The summed E-state index contributed by atoms with van der Waals surface area (Å²) < 4.78 is 0. The second-order valence-corrected chi connectivity index (χ2v) is 9.12. The Hall–Kier alpha value is -1.36. The van der Waals surface area contributed by atoms with Gasteiger partial charge >= 0.3 is 0 Å². The van der Waals surface area contributed by atoms with E-state index in [-0.39, 0.29) is 11.4 Å². The second-order valence-electron chi connectivity index (χ2n) is 8.71. The summed E-state index contributed by atoms with van der Waals surface area (Å²) in [6, 6.07) is 0. The second kappa shape index (κ2) is 5.83. The predicted octanol–water partition coefficient (Wildman–Crippen LogP) is 3.43. The zero-order valence-corrected chi connectivity index (χ0v) is 15.3. The Morgan fingerprint density at radius 2 is 1.72 bits per heavy atom. The van der Waals surface area contributed by atoms with Crippen LogP contribution in [-0.2, 0) is 0 Å². The molecule has 5 fully saturated rings. The van der Waals surface area contributed by atoms with E-state index in [9.17, 15) is 4.79 Å². The van der Waals surface area contributed by atoms with Crippen molar-refractivity contribution in [2.45, 2.75) is 56.9 Å². The Morgan fingerprint density at radius 1 is 1.12 bits per heavy atom. The van der Waals surface area contributed by atoms with Gasteiger partial charge in [0.2, 0.25) is 5.95 Å². The van der Waals surface area contributed by atoms with E-state index in [0.29, 0.717) is 16.7 Å². The Bertz CT molecular complexity index is 665. The molecule has 1 aliphatic heterocycles. The molecule has 1 saturated heterocycles. The summed E-state index contributed by atoms with van der Waals surface area (Å²) in [5.41, 5.74) is 0.322. The molecule has 1 amide bonds. The van der Waals surface area contributed by atoms with Crippen LogP contribution in [0.5, 0.6) is 0 Å². The number of hydrogen-bond acceptors (Lipinski definition) is 4. The summed E-state index contributed by atoms with van der Waals surface area (Å²) in [6.07, 6.45) is 11.4. The zero-order chi connectivity index (χ0) is 17.0. The van der Waals surface area contributed by atoms with Gasteiger partial charge in [-0.2, -0.15) is 0 Å². The molecule has 2 heterocycles. The number of carbonyl (C=O) groups excluding carboxylic acids is 1. The average Bonchev–Trinajstić information content (AvgIpc) is 3.08. The Kier molecular flexibility index (Phi) is 3.70. The standard InChI is InChI=1S/C19H25ClN4O/c20-15-11-21-18(24-3-1-2-4-24)22-16(15)17(25)23-19-8-12-5-13(9-19)7-14(6-12)10-19/h11-14H,1-10H2,(H,23,25). The van der Waals surface area contributed by atoms with E-state index in [1.54, 1.807) is 6.20 Å². The molecule has 5 aliphatic rings. The zero-order valence-electron chi connectivity index (χ0n) is 14.5. The SMILES string of the molecule is O=C(NC12CC3CC(CC(C3)C1)C2)c1nc(N2CCCC2)ncc1Cl. The van der Waals surface area contributed by atoms with Crippen molar-refractivity contribution >= 4 is 23.5 Å². The number of rotatable bonds is 3. The lowest BCUT2D eigenvalue weighted by Gasteiger charge is -2.56. The largest absolute Gasteiger partial charge is 0.345 e. The van der Waals surface area contributed by atoms with Crippen molar-refractivity contribution < 1.29 is 4.79 Å². The first kappa shape index (κ1) is 15.9. The minimum absolute atomic E-state index is 0.0199. The number of nitrogens with one attached hydrogen (secondary N) is 1. The van der Waals surface area contributed by atoms with Crippen LogP contribution in [0.3, 0.4) is 0 Å². The summed E-state index contributed by atoms with van der Waals surface area (Å²) in [7, 11) is 0. The van der Waals surface area contributed by atoms with Crippen molar-refractivity contribution in [3.8, 4) is 0 Å². The lowest BCUT2D eigenvalue weighted by atomic mass is 9.53. The van der Waals surface area contributed by atoms with E-state index in [2.05, 4.69) is 20.2 Å². The van der Waals surface area contributed by atoms with Gasteiger partial charge in [0, 0.05) is 18.6 Å². The maximum Gasteiger partial charge on any atom is 0.272 e. The summed E-state index contributed by atoms with van der Waals surface area (Å²) in [6.45, 7) is 1.91. The Balaban J connectivity index is 1.38. The fraction of sp³-hybridized carbons (Fsp3) is 0.737. The number of hydrogen-bond donors (Lipinski definition) is 1. The van der Waals surface area contributed by atoms with Gasteiger partial charge in [-0.1, -0.05) is 11.6 Å². The van der Waals surface area contributed by atoms with Gasteiger partial charge in [0.1, 0.15) is 0 Å². The topological polar surface area (TPSA) is 58.1 Å². The number of halogens is 1. The van der Waals surface area contributed by atoms with E-state index in [1.165, 1.54) is 19.3 Å². The molecule has 134 valence electrons. The summed E-state index contributed by atoms with van der Waals surface area (Å²) in [5.74, 6) is 2.92. The lowest BCUT2D eigenvalue weighted by molar-refractivity contribution is -0.0167. The first-order chi connectivity index (χ1) is 12.1. The van der Waals surface area contributed by atoms with Gasteiger partial charge in [-0.3, -0.25) is 4.79 Å². The van der Waals surface area contributed by atoms with Gasteiger partial charge in [0.25, 0.3) is 5.91 Å². The van der Waals surface area contributed by atoms with Gasteiger partial charge in [0.05, 0.1) is 11.2 Å². The minimum atomic E-state index is -0.116. The molecule has 0 atom stereocenters. The highest BCUT2D eigenvalue weighted by molar-refractivity contribution is 6.33. The van der Waals surface area contributed by atoms with Crippen LogP contribution in [0.4, 0.5) is 5.95 Å². The number of aromatic nitrogens is 2. The molecular formula is C19H25ClN4O. The fourth-order valence-corrected chi connectivity index (χ4v) is 6.33. The molecule has 4 aliphatic carbocycles. The molecule has 6 heteroatoms. The van der Waals surface area contributed by atoms with E-state index in [1.807, 2.05) is 0 Å². The first-order valence-corrected chi connectivity index (χ1v) is 10.1. The van der Waals surface area contributed by atoms with Gasteiger partial charge in [-0.25, -0.2) is 9.97 Å². The van der Waals surface area contributed by atoms with Crippen LogP contribution >= 0.6 is 11.6 Å². The molecule has 4 bridgehead atoms. The van der Waals surface area contributed by atoms with E-state index >= 15 is 0 Å². The Labute approximate surface area is 153 Å². The highest BCUT2D eigenvalue weighted by Crippen LogP contribution is 2.55. The predicted molar refractivity (Wildman–Crippen MR) is 96.9 cm³/mol. The van der Waals surface area contributed by atoms with E-state index < -0.39 is 0 Å². The van der Waals surface area contributed by atoms with Gasteiger partial charge in [0.15, 0.2) is 5.69 Å². The molecule has 0 spiro atoms. The molecule has 0 unspecified atom stereocenters. The molecule has 4 saturated carbocycles. The van der Waals surface area contributed by atoms with Crippen molar-refractivity contribution in [1.82, 2.24) is 15.3 Å². The monoisotopic (exact) mass is 360 g/mol. The molecule has 1 aromatic rings. The maximum absolute atomic E-state index is 13.0. The van der Waals surface area contributed by atoms with Crippen LogP contribution in [0.15, 0.2) is 6.20 Å². The van der Waals surface area contributed by atoms with E-state index in [0.717, 1.165) is 62.9 Å². The van der Waals surface area contributed by atoms with Crippen LogP contribution in [-0.4, -0.2) is 34.5 Å². The normalized spacial score (nSPS) is 36.0. The lowest BCUT2D eigenvalue weighted by Crippen LogP contribution is -2.60. The van der Waals surface area contributed by atoms with Crippen LogP contribution in [0.2, 0.25) is 5.02 Å². The minimum Gasteiger partial charge on any atom is -0.345 e. The number of carbonyl (C=O) groups is 1. The summed E-state index contributed by atoms with van der Waals surface area (Å²) in [4.78, 5) is 24.0. The van der Waals surface area contributed by atoms with Crippen molar-refractivity contribution in [2.75, 3.05) is 18.0 Å². The first-order valence-electron chi connectivity index (χ1n) is 9.70. The fourth-order valence-electron chi connectivity index (χ4n) is 6.15. The third-order valence-corrected chi connectivity index (χ3v) is 7.03. The highest BCUT2D eigenvalue weighted by Gasteiger charge is 2.51. The number of amides is 1. The van der Waals surface area contributed by atoms with Crippen molar-refractivity contribution in [2.24, 2.45) is 17.8 Å². The molecule has 0 aromatic carbocycles. The van der Waals surface area contributed by atoms with Crippen molar-refractivity contribution in [3.63, 3.8) is 0 Å². The van der Waals surface area contributed by atoms with Crippen LogP contribution in [0.25, 0.3) is 0 Å². The maximum atomic E-state index is 13.0. The summed E-state index contributed by atoms with van der Waals surface area (Å²) >= 11 is 6.28. The molecule has 0 radical (unpaired) electrons. The van der Waals surface area contributed by atoms with Crippen LogP contribution in [0.1, 0.15) is 61.9 Å². The number of anilines is 1. The average molecular weight is 361 g/mol. The van der Waals surface area contributed by atoms with Crippen molar-refractivity contribution in [1.29, 1.82) is 0 Å². The van der Waals surface area contributed by atoms with Crippen LogP contribution in [0, 0.1) is 17.8 Å². The van der Waals surface area contributed by atoms with E-state index in [4.69, 9.17) is 11.6 Å². The van der Waals surface area contributed by atoms with Crippen LogP contribution < -0.4 is 10.2 Å². The molecular weight excluding hydrogens is 336 g/mol. The highest BCUT2D eigenvalue weighted by atomic mass is 35.5. The third kappa shape index (κ3) is 2.80. The molecule has 6 rings (SSSR count). The quantitative estimate of drug-likeness (QED) is 0.897. The smallest absolute Gasteiger partial charge is 0.272 e. The summed E-state index contributed by atoms with van der Waals surface area (Å²) in [5, 5.41) is 3.72. The molecule has 1 aromatic heterocycles.